The first kappa shape index (κ1) is 13.7. The van der Waals surface area contributed by atoms with E-state index in [1.165, 1.54) is 0 Å². The molecule has 2 N–H and O–H groups in total. The fourth-order valence-electron chi connectivity index (χ4n) is 1.83. The molecule has 1 aromatic carbocycles. The molecule has 17 heavy (non-hydrogen) atoms. The van der Waals surface area contributed by atoms with Gasteiger partial charge in [0.1, 0.15) is 0 Å². The van der Waals surface area contributed by atoms with Crippen LogP contribution >= 0.6 is 0 Å². The van der Waals surface area contributed by atoms with Crippen LogP contribution in [-0.4, -0.2) is 23.2 Å². The third kappa shape index (κ3) is 4.57. The van der Waals surface area contributed by atoms with E-state index in [4.69, 9.17) is 0 Å². The van der Waals surface area contributed by atoms with Crippen molar-refractivity contribution < 1.29 is 9.90 Å². The van der Waals surface area contributed by atoms with E-state index in [1.807, 2.05) is 44.2 Å². The van der Waals surface area contributed by atoms with Crippen molar-refractivity contribution in [2.24, 2.45) is 0 Å². The van der Waals surface area contributed by atoms with Crippen molar-refractivity contribution in [3.63, 3.8) is 0 Å². The molecule has 0 aromatic heterocycles. The number of hydrogen-bond donors (Lipinski definition) is 2. The van der Waals surface area contributed by atoms with Crippen LogP contribution in [0.4, 0.5) is 0 Å². The van der Waals surface area contributed by atoms with Gasteiger partial charge in [-0.1, -0.05) is 30.3 Å². The Kier molecular flexibility index (Phi) is 5.16. The molecule has 0 bridgehead atoms. The Morgan fingerprint density at radius 3 is 2.35 bits per heavy atom. The summed E-state index contributed by atoms with van der Waals surface area (Å²) in [5, 5.41) is 12.2. The lowest BCUT2D eigenvalue weighted by Crippen LogP contribution is -2.37. The van der Waals surface area contributed by atoms with E-state index in [-0.39, 0.29) is 17.9 Å². The highest BCUT2D eigenvalue weighted by Gasteiger charge is 2.17. The quantitative estimate of drug-likeness (QED) is 0.820. The number of aliphatic hydroxyl groups excluding tert-OH is 1. The molecule has 0 fully saturated rings. The molecular weight excluding hydrogens is 214 g/mol. The number of rotatable bonds is 5. The summed E-state index contributed by atoms with van der Waals surface area (Å²) in [6, 6.07) is 9.68. The summed E-state index contributed by atoms with van der Waals surface area (Å²) < 4.78 is 0. The molecular formula is C14H21NO2. The van der Waals surface area contributed by atoms with Crippen molar-refractivity contribution in [1.29, 1.82) is 0 Å². The summed E-state index contributed by atoms with van der Waals surface area (Å²) in [7, 11) is 0. The summed E-state index contributed by atoms with van der Waals surface area (Å²) in [5.41, 5.74) is 1.01. The highest BCUT2D eigenvalue weighted by Crippen LogP contribution is 2.14. The molecule has 1 aromatic rings. The van der Waals surface area contributed by atoms with Gasteiger partial charge in [0, 0.05) is 6.04 Å². The van der Waals surface area contributed by atoms with Gasteiger partial charge in [-0.2, -0.15) is 0 Å². The van der Waals surface area contributed by atoms with Crippen LogP contribution in [0.1, 0.15) is 38.7 Å². The molecule has 3 heteroatoms. The lowest BCUT2D eigenvalue weighted by Gasteiger charge is -2.18. The van der Waals surface area contributed by atoms with Gasteiger partial charge in [0.15, 0.2) is 0 Å². The molecule has 0 radical (unpaired) electrons. The van der Waals surface area contributed by atoms with Gasteiger partial charge in [-0.25, -0.2) is 0 Å². The fraction of sp³-hybridized carbons (Fsp3) is 0.500. The van der Waals surface area contributed by atoms with Crippen LogP contribution in [0.15, 0.2) is 30.3 Å². The highest BCUT2D eigenvalue weighted by atomic mass is 16.3. The predicted molar refractivity (Wildman–Crippen MR) is 68.8 cm³/mol. The number of carbonyl (C=O) groups excluding carboxylic acids is 1. The van der Waals surface area contributed by atoms with Crippen LogP contribution in [-0.2, 0) is 4.79 Å². The van der Waals surface area contributed by atoms with Crippen LogP contribution in [0.5, 0.6) is 0 Å². The summed E-state index contributed by atoms with van der Waals surface area (Å²) in [6.45, 7) is 5.52. The second-order valence-electron chi connectivity index (χ2n) is 4.63. The second kappa shape index (κ2) is 6.40. The SMILES string of the molecule is CC(O)CC(C)NC(=O)C(C)c1ccccc1. The van der Waals surface area contributed by atoms with Gasteiger partial charge in [-0.15, -0.1) is 0 Å². The molecule has 0 aliphatic rings. The van der Waals surface area contributed by atoms with E-state index in [0.29, 0.717) is 6.42 Å². The van der Waals surface area contributed by atoms with Crippen molar-refractivity contribution in [3.8, 4) is 0 Å². The Morgan fingerprint density at radius 1 is 1.24 bits per heavy atom. The minimum absolute atomic E-state index is 0.00403. The summed E-state index contributed by atoms with van der Waals surface area (Å²) in [4.78, 5) is 11.9. The third-order valence-electron chi connectivity index (χ3n) is 2.78. The molecule has 0 aliphatic carbocycles. The first-order valence-corrected chi connectivity index (χ1v) is 6.04. The maximum atomic E-state index is 11.9. The average Bonchev–Trinajstić information content (AvgIpc) is 2.28. The van der Waals surface area contributed by atoms with Gasteiger partial charge < -0.3 is 10.4 Å². The van der Waals surface area contributed by atoms with Gasteiger partial charge in [-0.05, 0) is 32.8 Å². The first-order chi connectivity index (χ1) is 8.00. The molecule has 3 atom stereocenters. The van der Waals surface area contributed by atoms with Crippen molar-refractivity contribution >= 4 is 5.91 Å². The van der Waals surface area contributed by atoms with Gasteiger partial charge in [-0.3, -0.25) is 4.79 Å². The Balaban J connectivity index is 2.53. The van der Waals surface area contributed by atoms with Crippen molar-refractivity contribution in [1.82, 2.24) is 5.32 Å². The van der Waals surface area contributed by atoms with Crippen LogP contribution in [0.25, 0.3) is 0 Å². The monoisotopic (exact) mass is 235 g/mol. The Hall–Kier alpha value is -1.35. The average molecular weight is 235 g/mol. The first-order valence-electron chi connectivity index (χ1n) is 6.04. The molecule has 1 rings (SSSR count). The Bertz CT molecular complexity index is 348. The van der Waals surface area contributed by atoms with E-state index in [2.05, 4.69) is 5.32 Å². The Morgan fingerprint density at radius 2 is 1.82 bits per heavy atom. The number of nitrogens with one attached hydrogen (secondary N) is 1. The second-order valence-corrected chi connectivity index (χ2v) is 4.63. The highest BCUT2D eigenvalue weighted by molar-refractivity contribution is 5.83. The largest absolute Gasteiger partial charge is 0.393 e. The minimum atomic E-state index is -0.391. The third-order valence-corrected chi connectivity index (χ3v) is 2.78. The zero-order valence-electron chi connectivity index (χ0n) is 10.7. The van der Waals surface area contributed by atoms with E-state index in [0.717, 1.165) is 5.56 Å². The van der Waals surface area contributed by atoms with Gasteiger partial charge in [0.25, 0.3) is 0 Å². The normalized spacial score (nSPS) is 16.0. The lowest BCUT2D eigenvalue weighted by molar-refractivity contribution is -0.122. The number of hydrogen-bond acceptors (Lipinski definition) is 2. The van der Waals surface area contributed by atoms with Crippen molar-refractivity contribution in [3.05, 3.63) is 35.9 Å². The van der Waals surface area contributed by atoms with Gasteiger partial charge >= 0.3 is 0 Å². The fourth-order valence-corrected chi connectivity index (χ4v) is 1.83. The molecule has 0 saturated heterocycles. The lowest BCUT2D eigenvalue weighted by atomic mass is 10.00. The minimum Gasteiger partial charge on any atom is -0.393 e. The van der Waals surface area contributed by atoms with E-state index < -0.39 is 6.10 Å². The molecule has 0 aliphatic heterocycles. The summed E-state index contributed by atoms with van der Waals surface area (Å²) in [5.74, 6) is -0.156. The maximum absolute atomic E-state index is 11.9. The Labute approximate surface area is 103 Å². The van der Waals surface area contributed by atoms with E-state index in [1.54, 1.807) is 6.92 Å². The topological polar surface area (TPSA) is 49.3 Å². The van der Waals surface area contributed by atoms with Crippen molar-refractivity contribution in [2.75, 3.05) is 0 Å². The van der Waals surface area contributed by atoms with E-state index >= 15 is 0 Å². The zero-order valence-corrected chi connectivity index (χ0v) is 10.7. The molecule has 3 nitrogen and oxygen atoms in total. The van der Waals surface area contributed by atoms with Crippen molar-refractivity contribution in [2.45, 2.75) is 45.3 Å². The predicted octanol–water partition coefficient (Wildman–Crippen LogP) is 2.07. The van der Waals surface area contributed by atoms with Crippen LogP contribution in [0.3, 0.4) is 0 Å². The van der Waals surface area contributed by atoms with Crippen LogP contribution in [0, 0.1) is 0 Å². The molecule has 3 unspecified atom stereocenters. The number of amides is 1. The number of benzene rings is 1. The smallest absolute Gasteiger partial charge is 0.227 e. The molecule has 94 valence electrons. The summed E-state index contributed by atoms with van der Waals surface area (Å²) in [6.07, 6.45) is 0.185. The summed E-state index contributed by atoms with van der Waals surface area (Å²) >= 11 is 0. The van der Waals surface area contributed by atoms with Crippen LogP contribution in [0.2, 0.25) is 0 Å². The van der Waals surface area contributed by atoms with Crippen LogP contribution < -0.4 is 5.32 Å². The number of carbonyl (C=O) groups is 1. The molecule has 0 heterocycles. The molecule has 0 saturated carbocycles. The molecule has 0 spiro atoms. The maximum Gasteiger partial charge on any atom is 0.227 e. The number of aliphatic hydroxyl groups is 1. The van der Waals surface area contributed by atoms with Gasteiger partial charge in [0.05, 0.1) is 12.0 Å². The molecule has 1 amide bonds. The zero-order chi connectivity index (χ0) is 12.8. The standard InChI is InChI=1S/C14H21NO2/c1-10(9-11(2)16)15-14(17)12(3)13-7-5-4-6-8-13/h4-8,10-12,16H,9H2,1-3H3,(H,15,17). The van der Waals surface area contributed by atoms with Gasteiger partial charge in [0.2, 0.25) is 5.91 Å². The van der Waals surface area contributed by atoms with E-state index in [9.17, 15) is 9.90 Å².